The third-order valence-corrected chi connectivity index (χ3v) is 5.29. The van der Waals surface area contributed by atoms with E-state index in [-0.39, 0.29) is 11.3 Å². The molecule has 0 spiro atoms. The normalized spacial score (nSPS) is 16.8. The van der Waals surface area contributed by atoms with Crippen molar-refractivity contribution in [2.24, 2.45) is 0 Å². The average Bonchev–Trinajstić information content (AvgIpc) is 3.54. The lowest BCUT2D eigenvalue weighted by Gasteiger charge is -2.16. The molecule has 28 heavy (non-hydrogen) atoms. The van der Waals surface area contributed by atoms with Gasteiger partial charge >= 0.3 is 5.69 Å². The van der Waals surface area contributed by atoms with Crippen molar-refractivity contribution in [2.75, 3.05) is 19.6 Å². The zero-order valence-corrected chi connectivity index (χ0v) is 16.0. The van der Waals surface area contributed by atoms with Gasteiger partial charge in [0.1, 0.15) is 0 Å². The van der Waals surface area contributed by atoms with Crippen molar-refractivity contribution in [3.05, 3.63) is 49.8 Å². The van der Waals surface area contributed by atoms with E-state index in [1.165, 1.54) is 10.1 Å². The predicted molar refractivity (Wildman–Crippen MR) is 107 cm³/mol. The Morgan fingerprint density at radius 2 is 2.18 bits per heavy atom. The second-order valence-electron chi connectivity index (χ2n) is 7.48. The molecule has 3 heterocycles. The minimum absolute atomic E-state index is 0.189. The first kappa shape index (κ1) is 18.6. The first-order chi connectivity index (χ1) is 13.6. The molecule has 2 aliphatic rings. The molecule has 0 unspecified atom stereocenters. The molecule has 1 aliphatic heterocycles. The molecule has 3 N–H and O–H groups in total. The van der Waals surface area contributed by atoms with E-state index < -0.39 is 11.2 Å². The van der Waals surface area contributed by atoms with Gasteiger partial charge in [-0.3, -0.25) is 19.1 Å². The highest BCUT2D eigenvalue weighted by atomic mass is 16.2. The van der Waals surface area contributed by atoms with E-state index in [1.54, 1.807) is 6.07 Å². The summed E-state index contributed by atoms with van der Waals surface area (Å²) >= 11 is 0. The molecule has 1 aliphatic carbocycles. The number of rotatable bonds is 6. The van der Waals surface area contributed by atoms with E-state index in [4.69, 9.17) is 0 Å². The minimum atomic E-state index is -0.562. The highest BCUT2D eigenvalue weighted by Crippen LogP contribution is 2.39. The summed E-state index contributed by atoms with van der Waals surface area (Å²) in [5.74, 6) is -0.00604. The van der Waals surface area contributed by atoms with Crippen LogP contribution in [-0.2, 0) is 6.54 Å². The summed E-state index contributed by atoms with van der Waals surface area (Å²) in [6.07, 6.45) is 5.72. The van der Waals surface area contributed by atoms with Crippen LogP contribution in [0.1, 0.15) is 54.6 Å². The zero-order chi connectivity index (χ0) is 19.7. The summed E-state index contributed by atoms with van der Waals surface area (Å²) in [4.78, 5) is 44.8. The summed E-state index contributed by atoms with van der Waals surface area (Å²) in [7, 11) is 0. The van der Waals surface area contributed by atoms with Crippen LogP contribution in [0.4, 0.5) is 0 Å². The fraction of sp³-hybridized carbons (Fsp3) is 0.500. The molecule has 8 nitrogen and oxygen atoms in total. The van der Waals surface area contributed by atoms with E-state index >= 15 is 0 Å². The molecule has 8 heteroatoms. The van der Waals surface area contributed by atoms with Gasteiger partial charge in [0.2, 0.25) is 0 Å². The van der Waals surface area contributed by atoms with Crippen LogP contribution in [-0.4, -0.2) is 40.1 Å². The summed E-state index contributed by atoms with van der Waals surface area (Å²) in [5, 5.41) is 6.37. The smallest absolute Gasteiger partial charge is 0.329 e. The van der Waals surface area contributed by atoms with Crippen LogP contribution in [0.2, 0.25) is 0 Å². The number of carbonyl (C=O) groups is 1. The Bertz CT molecular complexity index is 1060. The SMILES string of the molecule is CCCn1c(=O)[nH]c(=O)c2c(C(=O)NCC3=CCNCC3)cc(C3CC3)nc21. The summed E-state index contributed by atoms with van der Waals surface area (Å²) in [6.45, 7) is 4.55. The van der Waals surface area contributed by atoms with Crippen LogP contribution in [0.15, 0.2) is 27.3 Å². The number of pyridine rings is 1. The van der Waals surface area contributed by atoms with Crippen LogP contribution in [0.25, 0.3) is 11.0 Å². The lowest BCUT2D eigenvalue weighted by Crippen LogP contribution is -2.34. The standard InChI is InChI=1S/C20H25N5O3/c1-2-9-25-17-16(19(27)24-20(25)28)14(10-15(23-17)13-3-4-13)18(26)22-11-12-5-7-21-8-6-12/h5,10,13,21H,2-4,6-9,11H2,1H3,(H,22,26)(H,24,27,28). The second kappa shape index (κ2) is 7.71. The van der Waals surface area contributed by atoms with Crippen molar-refractivity contribution >= 4 is 16.9 Å². The number of nitrogens with one attached hydrogen (secondary N) is 3. The quantitative estimate of drug-likeness (QED) is 0.646. The molecule has 1 amide bonds. The Labute approximate surface area is 162 Å². The number of hydrogen-bond acceptors (Lipinski definition) is 5. The van der Waals surface area contributed by atoms with Gasteiger partial charge in [-0.25, -0.2) is 9.78 Å². The number of fused-ring (bicyclic) bond motifs is 1. The van der Waals surface area contributed by atoms with Gasteiger partial charge in [-0.2, -0.15) is 0 Å². The highest BCUT2D eigenvalue weighted by molar-refractivity contribution is 6.05. The first-order valence-electron chi connectivity index (χ1n) is 9.93. The lowest BCUT2D eigenvalue weighted by molar-refractivity contribution is 0.0958. The third kappa shape index (κ3) is 3.64. The Kier molecular flexibility index (Phi) is 5.13. The van der Waals surface area contributed by atoms with Crippen LogP contribution >= 0.6 is 0 Å². The van der Waals surface area contributed by atoms with Crippen molar-refractivity contribution in [3.63, 3.8) is 0 Å². The number of aromatic amines is 1. The highest BCUT2D eigenvalue weighted by Gasteiger charge is 2.28. The minimum Gasteiger partial charge on any atom is -0.348 e. The van der Waals surface area contributed by atoms with Crippen LogP contribution in [0.5, 0.6) is 0 Å². The van der Waals surface area contributed by atoms with Gasteiger partial charge in [0.15, 0.2) is 5.65 Å². The molecule has 0 saturated heterocycles. The maximum absolute atomic E-state index is 13.0. The van der Waals surface area contributed by atoms with Crippen molar-refractivity contribution in [3.8, 4) is 0 Å². The molecule has 1 saturated carbocycles. The largest absolute Gasteiger partial charge is 0.348 e. The number of aryl methyl sites for hydroxylation is 1. The molecule has 0 atom stereocenters. The number of amides is 1. The van der Waals surface area contributed by atoms with Gasteiger partial charge in [-0.1, -0.05) is 18.6 Å². The molecule has 148 valence electrons. The monoisotopic (exact) mass is 383 g/mol. The van der Waals surface area contributed by atoms with Crippen LogP contribution in [0, 0.1) is 0 Å². The fourth-order valence-electron chi connectivity index (χ4n) is 3.61. The zero-order valence-electron chi connectivity index (χ0n) is 16.0. The van der Waals surface area contributed by atoms with Crippen LogP contribution < -0.4 is 21.9 Å². The van der Waals surface area contributed by atoms with Gasteiger partial charge in [-0.05, 0) is 38.3 Å². The van der Waals surface area contributed by atoms with E-state index in [2.05, 4.69) is 26.7 Å². The predicted octanol–water partition coefficient (Wildman–Crippen LogP) is 1.02. The molecule has 2 aromatic heterocycles. The number of hydrogen-bond donors (Lipinski definition) is 3. The second-order valence-corrected chi connectivity index (χ2v) is 7.48. The van der Waals surface area contributed by atoms with Crippen molar-refractivity contribution in [1.82, 2.24) is 25.2 Å². The Balaban J connectivity index is 1.78. The number of carbonyl (C=O) groups excluding carboxylic acids is 1. The summed E-state index contributed by atoms with van der Waals surface area (Å²) < 4.78 is 1.47. The van der Waals surface area contributed by atoms with E-state index in [0.717, 1.165) is 44.5 Å². The van der Waals surface area contributed by atoms with Gasteiger partial charge in [0.25, 0.3) is 11.5 Å². The van der Waals surface area contributed by atoms with Crippen molar-refractivity contribution in [2.45, 2.75) is 45.1 Å². The number of H-pyrrole nitrogens is 1. The Morgan fingerprint density at radius 3 is 2.86 bits per heavy atom. The van der Waals surface area contributed by atoms with Gasteiger partial charge < -0.3 is 10.6 Å². The average molecular weight is 383 g/mol. The third-order valence-electron chi connectivity index (χ3n) is 5.29. The van der Waals surface area contributed by atoms with Gasteiger partial charge in [-0.15, -0.1) is 0 Å². The molecule has 0 aromatic carbocycles. The van der Waals surface area contributed by atoms with E-state index in [0.29, 0.717) is 30.2 Å². The topological polar surface area (TPSA) is 109 Å². The van der Waals surface area contributed by atoms with E-state index in [9.17, 15) is 14.4 Å². The maximum atomic E-state index is 13.0. The fourth-order valence-corrected chi connectivity index (χ4v) is 3.61. The van der Waals surface area contributed by atoms with Crippen molar-refractivity contribution < 1.29 is 4.79 Å². The van der Waals surface area contributed by atoms with Gasteiger partial charge in [0, 0.05) is 31.2 Å². The molecule has 0 radical (unpaired) electrons. The number of nitrogens with zero attached hydrogens (tertiary/aromatic N) is 2. The summed E-state index contributed by atoms with van der Waals surface area (Å²) in [6, 6.07) is 1.72. The molecular weight excluding hydrogens is 358 g/mol. The van der Waals surface area contributed by atoms with E-state index in [1.807, 2.05) is 6.92 Å². The maximum Gasteiger partial charge on any atom is 0.329 e. The Morgan fingerprint density at radius 1 is 1.36 bits per heavy atom. The molecule has 4 rings (SSSR count). The van der Waals surface area contributed by atoms with Gasteiger partial charge in [0.05, 0.1) is 10.9 Å². The Hall–Kier alpha value is -2.74. The van der Waals surface area contributed by atoms with Crippen molar-refractivity contribution in [1.29, 1.82) is 0 Å². The number of aromatic nitrogens is 3. The molecule has 2 aromatic rings. The van der Waals surface area contributed by atoms with Crippen LogP contribution in [0.3, 0.4) is 0 Å². The lowest BCUT2D eigenvalue weighted by atomic mass is 10.1. The summed E-state index contributed by atoms with van der Waals surface area (Å²) in [5.41, 5.74) is 1.52. The molecule has 1 fully saturated rings. The molecular formula is C20H25N5O3. The first-order valence-corrected chi connectivity index (χ1v) is 9.93. The molecule has 0 bridgehead atoms.